The molecule has 1 unspecified atom stereocenters. The Balaban J connectivity index is 2.74. The van der Waals surface area contributed by atoms with E-state index in [4.69, 9.17) is 4.74 Å². The first kappa shape index (κ1) is 10.1. The zero-order valence-electron chi connectivity index (χ0n) is 8.50. The van der Waals surface area contributed by atoms with Crippen molar-refractivity contribution in [1.82, 2.24) is 0 Å². The summed E-state index contributed by atoms with van der Waals surface area (Å²) in [5.74, 6) is 0. The van der Waals surface area contributed by atoms with E-state index in [-0.39, 0.29) is 6.10 Å². The van der Waals surface area contributed by atoms with Crippen LogP contribution in [0.1, 0.15) is 12.5 Å². The average Bonchev–Trinajstić information content (AvgIpc) is 2.18. The highest BCUT2D eigenvalue weighted by Gasteiger charge is 2.04. The molecular formula is C11H17NO. The maximum atomic E-state index is 5.23. The molecule has 0 bridgehead atoms. The number of ether oxygens (including phenoxy) is 1. The Bertz CT molecular complexity index is 260. The van der Waals surface area contributed by atoms with Gasteiger partial charge < -0.3 is 10.1 Å². The molecule has 0 saturated carbocycles. The molecule has 0 spiro atoms. The summed E-state index contributed by atoms with van der Waals surface area (Å²) in [5, 5.41) is 3.17. The van der Waals surface area contributed by atoms with Crippen molar-refractivity contribution in [2.75, 3.05) is 19.5 Å². The molecule has 1 aromatic rings. The minimum atomic E-state index is 0.273. The van der Waals surface area contributed by atoms with Crippen LogP contribution in [0.2, 0.25) is 0 Å². The summed E-state index contributed by atoms with van der Waals surface area (Å²) >= 11 is 0. The molecule has 0 aliphatic rings. The van der Waals surface area contributed by atoms with E-state index in [1.54, 1.807) is 7.11 Å². The molecule has 1 N–H and O–H groups in total. The third-order valence-electron chi connectivity index (χ3n) is 2.20. The number of methoxy groups -OCH3 is 1. The van der Waals surface area contributed by atoms with Crippen LogP contribution in [0, 0.1) is 0 Å². The largest absolute Gasteiger partial charge is 0.388 e. The molecule has 2 nitrogen and oxygen atoms in total. The van der Waals surface area contributed by atoms with E-state index < -0.39 is 0 Å². The van der Waals surface area contributed by atoms with E-state index in [2.05, 4.69) is 30.4 Å². The van der Waals surface area contributed by atoms with E-state index in [0.717, 1.165) is 6.42 Å². The Labute approximate surface area is 79.9 Å². The molecule has 1 rings (SSSR count). The third kappa shape index (κ3) is 2.74. The van der Waals surface area contributed by atoms with E-state index in [0.29, 0.717) is 0 Å². The quantitative estimate of drug-likeness (QED) is 0.765. The molecular weight excluding hydrogens is 162 g/mol. The van der Waals surface area contributed by atoms with Gasteiger partial charge in [-0.2, -0.15) is 0 Å². The standard InChI is InChI=1S/C11H17NO/c1-9(13-3)8-10-6-4-5-7-11(10)12-2/h4-7,9,12H,8H2,1-3H3. The van der Waals surface area contributed by atoms with E-state index in [1.807, 2.05) is 13.1 Å². The summed E-state index contributed by atoms with van der Waals surface area (Å²) in [6.07, 6.45) is 1.22. The van der Waals surface area contributed by atoms with E-state index in [1.165, 1.54) is 11.3 Å². The Kier molecular flexibility index (Phi) is 3.77. The lowest BCUT2D eigenvalue weighted by molar-refractivity contribution is 0.119. The van der Waals surface area contributed by atoms with Crippen LogP contribution < -0.4 is 5.32 Å². The van der Waals surface area contributed by atoms with Crippen LogP contribution in [0.3, 0.4) is 0 Å². The van der Waals surface area contributed by atoms with Crippen LogP contribution in [-0.4, -0.2) is 20.3 Å². The van der Waals surface area contributed by atoms with Crippen molar-refractivity contribution in [3.8, 4) is 0 Å². The van der Waals surface area contributed by atoms with Gasteiger partial charge in [-0.05, 0) is 18.6 Å². The molecule has 0 aromatic heterocycles. The molecule has 0 fully saturated rings. The fourth-order valence-electron chi connectivity index (χ4n) is 1.34. The number of nitrogens with one attached hydrogen (secondary N) is 1. The summed E-state index contributed by atoms with van der Waals surface area (Å²) in [4.78, 5) is 0. The van der Waals surface area contributed by atoms with Crippen LogP contribution in [0.4, 0.5) is 5.69 Å². The zero-order chi connectivity index (χ0) is 9.68. The van der Waals surface area contributed by atoms with Crippen LogP contribution in [0.5, 0.6) is 0 Å². The van der Waals surface area contributed by atoms with Gasteiger partial charge in [-0.25, -0.2) is 0 Å². The molecule has 72 valence electrons. The Hall–Kier alpha value is -1.02. The van der Waals surface area contributed by atoms with Gasteiger partial charge >= 0.3 is 0 Å². The van der Waals surface area contributed by atoms with Crippen molar-refractivity contribution >= 4 is 5.69 Å². The van der Waals surface area contributed by atoms with Gasteiger partial charge in [-0.1, -0.05) is 18.2 Å². The van der Waals surface area contributed by atoms with Crippen molar-refractivity contribution in [3.63, 3.8) is 0 Å². The highest BCUT2D eigenvalue weighted by molar-refractivity contribution is 5.50. The molecule has 2 heteroatoms. The van der Waals surface area contributed by atoms with Crippen molar-refractivity contribution in [3.05, 3.63) is 29.8 Å². The van der Waals surface area contributed by atoms with Crippen molar-refractivity contribution < 1.29 is 4.74 Å². The highest BCUT2D eigenvalue weighted by atomic mass is 16.5. The average molecular weight is 179 g/mol. The predicted molar refractivity (Wildman–Crippen MR) is 56.2 cm³/mol. The number of hydrogen-bond acceptors (Lipinski definition) is 2. The summed E-state index contributed by atoms with van der Waals surface area (Å²) < 4.78 is 5.23. The number of para-hydroxylation sites is 1. The molecule has 0 saturated heterocycles. The molecule has 1 aromatic carbocycles. The summed E-state index contributed by atoms with van der Waals surface area (Å²) in [5.41, 5.74) is 2.49. The van der Waals surface area contributed by atoms with Crippen LogP contribution in [0.15, 0.2) is 24.3 Å². The normalized spacial score (nSPS) is 12.5. The second-order valence-corrected chi connectivity index (χ2v) is 3.16. The molecule has 0 aliphatic heterocycles. The highest BCUT2D eigenvalue weighted by Crippen LogP contribution is 2.16. The van der Waals surface area contributed by atoms with Crippen LogP contribution >= 0.6 is 0 Å². The minimum Gasteiger partial charge on any atom is -0.388 e. The topological polar surface area (TPSA) is 21.3 Å². The third-order valence-corrected chi connectivity index (χ3v) is 2.20. The van der Waals surface area contributed by atoms with Gasteiger partial charge in [-0.15, -0.1) is 0 Å². The first-order chi connectivity index (χ1) is 6.27. The second-order valence-electron chi connectivity index (χ2n) is 3.16. The van der Waals surface area contributed by atoms with Gasteiger partial charge in [0.15, 0.2) is 0 Å². The van der Waals surface area contributed by atoms with Crippen molar-refractivity contribution in [2.24, 2.45) is 0 Å². The Morgan fingerprint density at radius 3 is 2.69 bits per heavy atom. The molecule has 0 heterocycles. The molecule has 1 atom stereocenters. The lowest BCUT2D eigenvalue weighted by atomic mass is 10.1. The summed E-state index contributed by atoms with van der Waals surface area (Å²) in [6.45, 7) is 2.08. The Morgan fingerprint density at radius 1 is 1.38 bits per heavy atom. The maximum absolute atomic E-state index is 5.23. The van der Waals surface area contributed by atoms with Gasteiger partial charge in [0.1, 0.15) is 0 Å². The SMILES string of the molecule is CNc1ccccc1CC(C)OC. The van der Waals surface area contributed by atoms with Gasteiger partial charge in [0.05, 0.1) is 6.10 Å². The van der Waals surface area contributed by atoms with Gasteiger partial charge in [0.2, 0.25) is 0 Å². The number of anilines is 1. The van der Waals surface area contributed by atoms with Gasteiger partial charge in [-0.3, -0.25) is 0 Å². The summed E-state index contributed by atoms with van der Waals surface area (Å²) in [6, 6.07) is 8.30. The van der Waals surface area contributed by atoms with Gasteiger partial charge in [0, 0.05) is 26.3 Å². The van der Waals surface area contributed by atoms with Crippen LogP contribution in [0.25, 0.3) is 0 Å². The number of hydrogen-bond donors (Lipinski definition) is 1. The van der Waals surface area contributed by atoms with E-state index in [9.17, 15) is 0 Å². The van der Waals surface area contributed by atoms with E-state index >= 15 is 0 Å². The molecule has 0 radical (unpaired) electrons. The maximum Gasteiger partial charge on any atom is 0.0584 e. The van der Waals surface area contributed by atoms with Crippen molar-refractivity contribution in [2.45, 2.75) is 19.4 Å². The lowest BCUT2D eigenvalue weighted by Crippen LogP contribution is -2.09. The van der Waals surface area contributed by atoms with Crippen LogP contribution in [-0.2, 0) is 11.2 Å². The smallest absolute Gasteiger partial charge is 0.0584 e. The summed E-state index contributed by atoms with van der Waals surface area (Å²) in [7, 11) is 3.68. The molecule has 0 aliphatic carbocycles. The first-order valence-electron chi connectivity index (χ1n) is 4.56. The number of benzene rings is 1. The second kappa shape index (κ2) is 4.87. The molecule has 0 amide bonds. The van der Waals surface area contributed by atoms with Gasteiger partial charge in [0.25, 0.3) is 0 Å². The fourth-order valence-corrected chi connectivity index (χ4v) is 1.34. The molecule has 13 heavy (non-hydrogen) atoms. The lowest BCUT2D eigenvalue weighted by Gasteiger charge is -2.12. The monoisotopic (exact) mass is 179 g/mol. The minimum absolute atomic E-state index is 0.273. The number of rotatable bonds is 4. The fraction of sp³-hybridized carbons (Fsp3) is 0.455. The Morgan fingerprint density at radius 2 is 2.08 bits per heavy atom. The van der Waals surface area contributed by atoms with Crippen molar-refractivity contribution in [1.29, 1.82) is 0 Å². The zero-order valence-corrected chi connectivity index (χ0v) is 8.50. The first-order valence-corrected chi connectivity index (χ1v) is 4.56. The predicted octanol–water partition coefficient (Wildman–Crippen LogP) is 2.31.